The van der Waals surface area contributed by atoms with E-state index in [0.29, 0.717) is 0 Å². The molecule has 0 bridgehead atoms. The Kier molecular flexibility index (Phi) is 3.17. The van der Waals surface area contributed by atoms with Crippen molar-refractivity contribution in [1.82, 2.24) is 0 Å². The zero-order chi connectivity index (χ0) is 11.4. The van der Waals surface area contributed by atoms with Gasteiger partial charge in [-0.1, -0.05) is 12.1 Å². The Morgan fingerprint density at radius 2 is 1.73 bits per heavy atom. The molecule has 1 N–H and O–H groups in total. The van der Waals surface area contributed by atoms with Crippen LogP contribution < -0.4 is 0 Å². The first kappa shape index (κ1) is 10.9. The van der Waals surface area contributed by atoms with Gasteiger partial charge >= 0.3 is 19.3 Å². The van der Waals surface area contributed by atoms with Crippen molar-refractivity contribution in [2.45, 2.75) is 6.92 Å². The average molecular weight is 209 g/mol. The van der Waals surface area contributed by atoms with E-state index in [-0.39, 0.29) is 12.6 Å². The molecule has 0 heterocycles. The predicted octanol–water partition coefficient (Wildman–Crippen LogP) is 1.20. The number of esters is 2. The molecule has 0 aliphatic heterocycles. The molecule has 0 radical (unpaired) electrons. The van der Waals surface area contributed by atoms with Crippen LogP contribution in [0.2, 0.25) is 0 Å². The summed E-state index contributed by atoms with van der Waals surface area (Å²) in [5.74, 6) is -2.98. The SMILES string of the molecule is CC(=O)OC(=O)c1ccccc1C(=O)O.[H+]. The number of hydrogen-bond acceptors (Lipinski definition) is 4. The second-order valence-corrected chi connectivity index (χ2v) is 2.73. The lowest BCUT2D eigenvalue weighted by Gasteiger charge is -2.03. The highest BCUT2D eigenvalue weighted by atomic mass is 16.6. The lowest BCUT2D eigenvalue weighted by molar-refractivity contribution is -0.135. The molecule has 0 amide bonds. The molecule has 1 rings (SSSR count). The molecule has 1 aromatic carbocycles. The standard InChI is InChI=1S/C10H8O5/c1-6(11)15-10(14)8-5-3-2-4-7(8)9(12)13/h2-5H,1H3,(H,12,13)/p+1. The Labute approximate surface area is 86.8 Å². The quantitative estimate of drug-likeness (QED) is 0.584. The number of rotatable bonds is 2. The minimum absolute atomic E-state index is 0. The molecule has 0 aliphatic carbocycles. The van der Waals surface area contributed by atoms with Crippen LogP contribution in [0.1, 0.15) is 29.1 Å². The summed E-state index contributed by atoms with van der Waals surface area (Å²) in [5, 5.41) is 8.76. The van der Waals surface area contributed by atoms with Crippen LogP contribution in [0, 0.1) is 0 Å². The lowest BCUT2D eigenvalue weighted by atomic mass is 10.1. The normalized spacial score (nSPS) is 9.40. The van der Waals surface area contributed by atoms with Crippen LogP contribution in [0.5, 0.6) is 0 Å². The van der Waals surface area contributed by atoms with Gasteiger partial charge in [0.25, 0.3) is 0 Å². The van der Waals surface area contributed by atoms with E-state index in [1.807, 2.05) is 0 Å². The van der Waals surface area contributed by atoms with Gasteiger partial charge in [-0.15, -0.1) is 0 Å². The van der Waals surface area contributed by atoms with E-state index < -0.39 is 17.9 Å². The summed E-state index contributed by atoms with van der Waals surface area (Å²) in [4.78, 5) is 32.5. The van der Waals surface area contributed by atoms with Gasteiger partial charge in [0, 0.05) is 6.92 Å². The number of carboxylic acid groups (broad SMARTS) is 1. The smallest absolute Gasteiger partial charge is 0.478 e. The number of carbonyl (C=O) groups is 3. The first-order chi connectivity index (χ1) is 7.02. The molecule has 0 spiro atoms. The van der Waals surface area contributed by atoms with Crippen molar-refractivity contribution in [3.63, 3.8) is 0 Å². The number of ether oxygens (including phenoxy) is 1. The monoisotopic (exact) mass is 209 g/mol. The third-order valence-electron chi connectivity index (χ3n) is 1.61. The van der Waals surface area contributed by atoms with Crippen LogP contribution in [-0.4, -0.2) is 23.0 Å². The van der Waals surface area contributed by atoms with Crippen molar-refractivity contribution in [3.8, 4) is 0 Å². The third-order valence-corrected chi connectivity index (χ3v) is 1.61. The Morgan fingerprint density at radius 1 is 1.20 bits per heavy atom. The van der Waals surface area contributed by atoms with E-state index in [1.54, 1.807) is 0 Å². The van der Waals surface area contributed by atoms with Crippen LogP contribution in [0.3, 0.4) is 0 Å². The summed E-state index contributed by atoms with van der Waals surface area (Å²) in [5.41, 5.74) is -0.330. The molecule has 1 aromatic rings. The van der Waals surface area contributed by atoms with Crippen LogP contribution in [0.4, 0.5) is 0 Å². The topological polar surface area (TPSA) is 80.7 Å². The van der Waals surface area contributed by atoms with Crippen molar-refractivity contribution in [3.05, 3.63) is 35.4 Å². The first-order valence-electron chi connectivity index (χ1n) is 4.07. The van der Waals surface area contributed by atoms with Crippen molar-refractivity contribution >= 4 is 17.9 Å². The average Bonchev–Trinajstić information content (AvgIpc) is 2.16. The Balaban J connectivity index is 0.00000225. The van der Waals surface area contributed by atoms with Crippen LogP contribution >= 0.6 is 0 Å². The summed E-state index contributed by atoms with van der Waals surface area (Å²) >= 11 is 0. The number of carbonyl (C=O) groups excluding carboxylic acids is 2. The highest BCUT2D eigenvalue weighted by Gasteiger charge is 2.17. The highest BCUT2D eigenvalue weighted by molar-refractivity contribution is 6.05. The van der Waals surface area contributed by atoms with Gasteiger partial charge in [-0.2, -0.15) is 0 Å². The molecule has 0 atom stereocenters. The van der Waals surface area contributed by atoms with E-state index >= 15 is 0 Å². The molecule has 0 aliphatic rings. The summed E-state index contributed by atoms with van der Waals surface area (Å²) in [7, 11) is 0. The van der Waals surface area contributed by atoms with Gasteiger partial charge in [0.15, 0.2) is 0 Å². The zero-order valence-corrected chi connectivity index (χ0v) is 7.89. The molecular weight excluding hydrogens is 200 g/mol. The second kappa shape index (κ2) is 4.36. The minimum atomic E-state index is -1.24. The zero-order valence-electron chi connectivity index (χ0n) is 8.89. The van der Waals surface area contributed by atoms with Gasteiger partial charge in [0.1, 0.15) is 0 Å². The molecule has 0 fully saturated rings. The molecule has 78 valence electrons. The van der Waals surface area contributed by atoms with E-state index in [9.17, 15) is 14.4 Å². The van der Waals surface area contributed by atoms with Gasteiger partial charge in [-0.25, -0.2) is 9.59 Å². The van der Waals surface area contributed by atoms with Gasteiger partial charge in [0.05, 0.1) is 11.1 Å². The number of aromatic carboxylic acids is 1. The highest BCUT2D eigenvalue weighted by Crippen LogP contribution is 2.10. The van der Waals surface area contributed by atoms with Crippen LogP contribution in [-0.2, 0) is 9.53 Å². The van der Waals surface area contributed by atoms with E-state index in [0.717, 1.165) is 6.92 Å². The van der Waals surface area contributed by atoms with Crippen LogP contribution in [0.15, 0.2) is 24.3 Å². The van der Waals surface area contributed by atoms with E-state index in [1.165, 1.54) is 24.3 Å². The van der Waals surface area contributed by atoms with Crippen molar-refractivity contribution in [2.75, 3.05) is 0 Å². The Hall–Kier alpha value is -2.17. The summed E-state index contributed by atoms with van der Waals surface area (Å²) in [6, 6.07) is 5.52. The van der Waals surface area contributed by atoms with Gasteiger partial charge in [-0.3, -0.25) is 4.79 Å². The first-order valence-corrected chi connectivity index (χ1v) is 4.07. The fourth-order valence-corrected chi connectivity index (χ4v) is 1.03. The Bertz CT molecular complexity index is 427. The van der Waals surface area contributed by atoms with Crippen molar-refractivity contribution < 1.29 is 25.7 Å². The van der Waals surface area contributed by atoms with Gasteiger partial charge in [0.2, 0.25) is 0 Å². The van der Waals surface area contributed by atoms with Gasteiger partial charge in [-0.05, 0) is 12.1 Å². The van der Waals surface area contributed by atoms with Crippen LogP contribution in [0.25, 0.3) is 0 Å². The minimum Gasteiger partial charge on any atom is -0.478 e. The van der Waals surface area contributed by atoms with E-state index in [2.05, 4.69) is 4.74 Å². The molecule has 0 aromatic heterocycles. The van der Waals surface area contributed by atoms with Gasteiger partial charge < -0.3 is 9.84 Å². The molecule has 5 heteroatoms. The number of hydrogen-bond donors (Lipinski definition) is 1. The second-order valence-electron chi connectivity index (χ2n) is 2.73. The maximum absolute atomic E-state index is 11.3. The molecule has 5 nitrogen and oxygen atoms in total. The fourth-order valence-electron chi connectivity index (χ4n) is 1.03. The lowest BCUT2D eigenvalue weighted by Crippen LogP contribution is -2.13. The van der Waals surface area contributed by atoms with Crippen molar-refractivity contribution in [2.24, 2.45) is 0 Å². The predicted molar refractivity (Wildman–Crippen MR) is 50.6 cm³/mol. The summed E-state index contributed by atoms with van der Waals surface area (Å²) < 4.78 is 4.29. The van der Waals surface area contributed by atoms with E-state index in [4.69, 9.17) is 5.11 Å². The number of benzene rings is 1. The summed E-state index contributed by atoms with van der Waals surface area (Å²) in [6.45, 7) is 1.07. The third kappa shape index (κ3) is 2.63. The Morgan fingerprint density at radius 3 is 2.20 bits per heavy atom. The molecule has 0 saturated carbocycles. The molecular formula is C10H9O5+. The molecule has 0 saturated heterocycles. The largest absolute Gasteiger partial charge is 1.00 e. The molecule has 15 heavy (non-hydrogen) atoms. The number of carboxylic acids is 1. The maximum atomic E-state index is 11.3. The fraction of sp³-hybridized carbons (Fsp3) is 0.100. The summed E-state index contributed by atoms with van der Waals surface area (Å²) in [6.07, 6.45) is 0. The molecule has 0 unspecified atom stereocenters. The van der Waals surface area contributed by atoms with Crippen molar-refractivity contribution in [1.29, 1.82) is 0 Å². The maximum Gasteiger partial charge on any atom is 1.00 e.